The second kappa shape index (κ2) is 6.64. The van der Waals surface area contributed by atoms with E-state index in [-0.39, 0.29) is 17.8 Å². The number of halogens is 1. The Bertz CT molecular complexity index is 637. The number of hydrogen-bond donors (Lipinski definition) is 0. The van der Waals surface area contributed by atoms with Gasteiger partial charge in [0.2, 0.25) is 5.95 Å². The lowest BCUT2D eigenvalue weighted by atomic mass is 10.2. The predicted octanol–water partition coefficient (Wildman–Crippen LogP) is 1.35. The van der Waals surface area contributed by atoms with Crippen molar-refractivity contribution in [2.24, 2.45) is 0 Å². The normalized spacial score (nSPS) is 14.7. The van der Waals surface area contributed by atoms with Gasteiger partial charge in [0.1, 0.15) is 5.82 Å². The van der Waals surface area contributed by atoms with Gasteiger partial charge in [-0.1, -0.05) is 0 Å². The van der Waals surface area contributed by atoms with E-state index in [0.29, 0.717) is 5.95 Å². The van der Waals surface area contributed by atoms with Crippen molar-refractivity contribution in [2.45, 2.75) is 0 Å². The molecule has 1 aromatic heterocycles. The van der Waals surface area contributed by atoms with Crippen LogP contribution in [-0.4, -0.2) is 55.4 Å². The highest BCUT2D eigenvalue weighted by atomic mass is 19.1. The summed E-state index contributed by atoms with van der Waals surface area (Å²) in [5.74, 6) is 0.309. The Morgan fingerprint density at radius 2 is 1.35 bits per heavy atom. The van der Waals surface area contributed by atoms with E-state index in [9.17, 15) is 4.39 Å². The SMILES string of the molecule is COc1nc(OC)nc(N2CCN(c3ccc(F)cc3)CC2)n1. The van der Waals surface area contributed by atoms with Crippen molar-refractivity contribution in [1.29, 1.82) is 0 Å². The number of benzene rings is 1. The van der Waals surface area contributed by atoms with Crippen LogP contribution in [0.5, 0.6) is 12.0 Å². The van der Waals surface area contributed by atoms with Crippen molar-refractivity contribution in [1.82, 2.24) is 15.0 Å². The van der Waals surface area contributed by atoms with Crippen LogP contribution in [0.25, 0.3) is 0 Å². The molecule has 1 fully saturated rings. The number of aromatic nitrogens is 3. The van der Waals surface area contributed by atoms with Crippen LogP contribution >= 0.6 is 0 Å². The molecule has 1 aromatic carbocycles. The third-order valence-electron chi connectivity index (χ3n) is 3.70. The summed E-state index contributed by atoms with van der Waals surface area (Å²) in [6.07, 6.45) is 0. The molecular formula is C15H18FN5O2. The Morgan fingerprint density at radius 3 is 1.87 bits per heavy atom. The van der Waals surface area contributed by atoms with Gasteiger partial charge < -0.3 is 19.3 Å². The van der Waals surface area contributed by atoms with Crippen molar-refractivity contribution in [3.63, 3.8) is 0 Å². The first-order valence-electron chi connectivity index (χ1n) is 7.29. The maximum Gasteiger partial charge on any atom is 0.324 e. The summed E-state index contributed by atoms with van der Waals surface area (Å²) < 4.78 is 23.2. The zero-order valence-corrected chi connectivity index (χ0v) is 13.1. The van der Waals surface area contributed by atoms with Gasteiger partial charge in [0.15, 0.2) is 0 Å². The second-order valence-electron chi connectivity index (χ2n) is 5.06. The number of rotatable bonds is 4. The van der Waals surface area contributed by atoms with Gasteiger partial charge in [-0.3, -0.25) is 0 Å². The van der Waals surface area contributed by atoms with Gasteiger partial charge in [0.25, 0.3) is 0 Å². The van der Waals surface area contributed by atoms with E-state index in [1.54, 1.807) is 12.1 Å². The van der Waals surface area contributed by atoms with Gasteiger partial charge in [-0.05, 0) is 24.3 Å². The van der Waals surface area contributed by atoms with Crippen LogP contribution in [0, 0.1) is 5.82 Å². The first-order chi connectivity index (χ1) is 11.2. The van der Waals surface area contributed by atoms with Gasteiger partial charge in [0, 0.05) is 31.9 Å². The van der Waals surface area contributed by atoms with E-state index < -0.39 is 0 Å². The van der Waals surface area contributed by atoms with Crippen molar-refractivity contribution >= 4 is 11.6 Å². The zero-order valence-electron chi connectivity index (χ0n) is 13.1. The average molecular weight is 319 g/mol. The van der Waals surface area contributed by atoms with E-state index in [1.165, 1.54) is 26.4 Å². The molecule has 1 saturated heterocycles. The highest BCUT2D eigenvalue weighted by Gasteiger charge is 2.21. The molecule has 0 N–H and O–H groups in total. The molecule has 8 heteroatoms. The van der Waals surface area contributed by atoms with Crippen LogP contribution < -0.4 is 19.3 Å². The molecule has 0 bridgehead atoms. The summed E-state index contributed by atoms with van der Waals surface area (Å²) in [6.45, 7) is 3.07. The number of ether oxygens (including phenoxy) is 2. The summed E-state index contributed by atoms with van der Waals surface area (Å²) in [5.41, 5.74) is 1.01. The quantitative estimate of drug-likeness (QED) is 0.843. The summed E-state index contributed by atoms with van der Waals surface area (Å²) in [7, 11) is 3.01. The highest BCUT2D eigenvalue weighted by Crippen LogP contribution is 2.21. The highest BCUT2D eigenvalue weighted by molar-refractivity contribution is 5.48. The van der Waals surface area contributed by atoms with Crippen LogP contribution in [0.3, 0.4) is 0 Å². The Morgan fingerprint density at radius 1 is 0.826 bits per heavy atom. The molecule has 3 rings (SSSR count). The van der Waals surface area contributed by atoms with E-state index >= 15 is 0 Å². The van der Waals surface area contributed by atoms with Crippen molar-refractivity contribution in [3.8, 4) is 12.0 Å². The fourth-order valence-corrected chi connectivity index (χ4v) is 2.47. The minimum absolute atomic E-state index is 0.225. The summed E-state index contributed by atoms with van der Waals surface area (Å²) in [4.78, 5) is 16.8. The minimum atomic E-state index is -0.225. The largest absolute Gasteiger partial charge is 0.467 e. The third-order valence-corrected chi connectivity index (χ3v) is 3.70. The van der Waals surface area contributed by atoms with E-state index in [0.717, 1.165) is 31.9 Å². The smallest absolute Gasteiger partial charge is 0.324 e. The molecule has 2 heterocycles. The summed E-state index contributed by atoms with van der Waals surface area (Å²) >= 11 is 0. The van der Waals surface area contributed by atoms with Gasteiger partial charge in [0.05, 0.1) is 14.2 Å². The minimum Gasteiger partial charge on any atom is -0.467 e. The Balaban J connectivity index is 1.70. The van der Waals surface area contributed by atoms with Crippen LogP contribution in [-0.2, 0) is 0 Å². The lowest BCUT2D eigenvalue weighted by Crippen LogP contribution is -2.47. The monoisotopic (exact) mass is 319 g/mol. The fourth-order valence-electron chi connectivity index (χ4n) is 2.47. The molecule has 1 aliphatic rings. The molecule has 7 nitrogen and oxygen atoms in total. The number of anilines is 2. The average Bonchev–Trinajstić information content (AvgIpc) is 2.62. The maximum atomic E-state index is 13.0. The summed E-state index contributed by atoms with van der Waals surface area (Å²) in [6, 6.07) is 6.99. The molecule has 0 aliphatic carbocycles. The molecule has 2 aromatic rings. The predicted molar refractivity (Wildman–Crippen MR) is 83.8 cm³/mol. The molecular weight excluding hydrogens is 301 g/mol. The number of piperazine rings is 1. The Kier molecular flexibility index (Phi) is 4.40. The molecule has 0 atom stereocenters. The topological polar surface area (TPSA) is 63.6 Å². The third kappa shape index (κ3) is 3.41. The number of nitrogens with zero attached hydrogens (tertiary/aromatic N) is 5. The molecule has 0 unspecified atom stereocenters. The Hall–Kier alpha value is -2.64. The van der Waals surface area contributed by atoms with Gasteiger partial charge >= 0.3 is 12.0 Å². The standard InChI is InChI=1S/C15H18FN5O2/c1-22-14-17-13(18-15(19-14)23-2)21-9-7-20(8-10-21)12-5-3-11(16)4-6-12/h3-6H,7-10H2,1-2H3. The van der Waals surface area contributed by atoms with Gasteiger partial charge in [-0.2, -0.15) is 9.97 Å². The molecule has 0 amide bonds. The lowest BCUT2D eigenvalue weighted by molar-refractivity contribution is 0.339. The molecule has 23 heavy (non-hydrogen) atoms. The summed E-state index contributed by atoms with van der Waals surface area (Å²) in [5, 5.41) is 0. The van der Waals surface area contributed by atoms with Crippen LogP contribution in [0.1, 0.15) is 0 Å². The van der Waals surface area contributed by atoms with E-state index in [1.807, 2.05) is 4.90 Å². The van der Waals surface area contributed by atoms with Crippen LogP contribution in [0.15, 0.2) is 24.3 Å². The van der Waals surface area contributed by atoms with Crippen molar-refractivity contribution in [3.05, 3.63) is 30.1 Å². The number of hydrogen-bond acceptors (Lipinski definition) is 7. The van der Waals surface area contributed by atoms with E-state index in [2.05, 4.69) is 19.9 Å². The van der Waals surface area contributed by atoms with Crippen LogP contribution in [0.2, 0.25) is 0 Å². The zero-order chi connectivity index (χ0) is 16.2. The van der Waals surface area contributed by atoms with Gasteiger partial charge in [-0.25, -0.2) is 4.39 Å². The first-order valence-corrected chi connectivity index (χ1v) is 7.29. The van der Waals surface area contributed by atoms with Crippen molar-refractivity contribution < 1.29 is 13.9 Å². The second-order valence-corrected chi connectivity index (χ2v) is 5.06. The lowest BCUT2D eigenvalue weighted by Gasteiger charge is -2.36. The first kappa shape index (κ1) is 15.3. The Labute approximate surface area is 133 Å². The van der Waals surface area contributed by atoms with E-state index in [4.69, 9.17) is 9.47 Å². The maximum absolute atomic E-state index is 13.0. The number of methoxy groups -OCH3 is 2. The molecule has 122 valence electrons. The molecule has 1 aliphatic heterocycles. The van der Waals surface area contributed by atoms with Crippen molar-refractivity contribution in [2.75, 3.05) is 50.2 Å². The molecule has 0 spiro atoms. The fraction of sp³-hybridized carbons (Fsp3) is 0.400. The van der Waals surface area contributed by atoms with Crippen LogP contribution in [0.4, 0.5) is 16.0 Å². The molecule has 0 saturated carbocycles. The molecule has 0 radical (unpaired) electrons. The van der Waals surface area contributed by atoms with Gasteiger partial charge in [-0.15, -0.1) is 4.98 Å².